The third-order valence-electron chi connectivity index (χ3n) is 5.43. The Bertz CT molecular complexity index is 1440. The molecule has 2 N–H and O–H groups in total. The van der Waals surface area contributed by atoms with Gasteiger partial charge in [-0.3, -0.25) is 14.4 Å². The summed E-state index contributed by atoms with van der Waals surface area (Å²) in [5.41, 5.74) is 1.65. The van der Waals surface area contributed by atoms with Crippen LogP contribution >= 0.6 is 15.9 Å². The van der Waals surface area contributed by atoms with Gasteiger partial charge in [0.05, 0.1) is 35.4 Å². The van der Waals surface area contributed by atoms with Crippen LogP contribution in [0.1, 0.15) is 15.9 Å². The van der Waals surface area contributed by atoms with Crippen LogP contribution < -0.4 is 14.5 Å². The quantitative estimate of drug-likeness (QED) is 0.418. The maximum absolute atomic E-state index is 13.3. The standard InChI is InChI=1S/C23H19BrF3N3O4S/c1-29-12-30(15-5-8-21(31)19(11-15)28-35(2,33)34)22(32)17-6-3-13(9-20(17)29)16-7-4-14(10-18(16)24)23(25,26)27/h3-11,28,31H,12H2,1-2H3. The first-order valence-electron chi connectivity index (χ1n) is 10.1. The summed E-state index contributed by atoms with van der Waals surface area (Å²) >= 11 is 3.21. The lowest BCUT2D eigenvalue weighted by Gasteiger charge is -2.36. The highest BCUT2D eigenvalue weighted by Gasteiger charge is 2.32. The molecule has 1 aliphatic heterocycles. The van der Waals surface area contributed by atoms with Crippen LogP contribution in [0, 0.1) is 0 Å². The van der Waals surface area contributed by atoms with Gasteiger partial charge in [0.1, 0.15) is 5.75 Å². The summed E-state index contributed by atoms with van der Waals surface area (Å²) in [7, 11) is -1.91. The number of carbonyl (C=O) groups is 1. The highest BCUT2D eigenvalue weighted by atomic mass is 79.9. The monoisotopic (exact) mass is 569 g/mol. The number of carbonyl (C=O) groups excluding carboxylic acids is 1. The lowest BCUT2D eigenvalue weighted by molar-refractivity contribution is -0.137. The summed E-state index contributed by atoms with van der Waals surface area (Å²) < 4.78 is 64.7. The maximum Gasteiger partial charge on any atom is 0.416 e. The maximum atomic E-state index is 13.3. The minimum absolute atomic E-state index is 0.0613. The molecular formula is C23H19BrF3N3O4S. The van der Waals surface area contributed by atoms with Crippen molar-refractivity contribution in [1.82, 2.24) is 0 Å². The molecule has 0 aromatic heterocycles. The molecule has 184 valence electrons. The number of hydrogen-bond donors (Lipinski definition) is 2. The Labute approximate surface area is 208 Å². The van der Waals surface area contributed by atoms with E-state index in [0.29, 0.717) is 28.1 Å². The molecule has 0 saturated heterocycles. The molecule has 0 aliphatic carbocycles. The largest absolute Gasteiger partial charge is 0.506 e. The molecule has 0 spiro atoms. The molecule has 3 aromatic rings. The number of amides is 1. The molecular weight excluding hydrogens is 551 g/mol. The highest BCUT2D eigenvalue weighted by Crippen LogP contribution is 2.39. The minimum Gasteiger partial charge on any atom is -0.506 e. The molecule has 0 fully saturated rings. The SMILES string of the molecule is CN1CN(c2ccc(O)c(NS(C)(=O)=O)c2)C(=O)c2ccc(-c3ccc(C(F)(F)F)cc3Br)cc21. The zero-order valence-corrected chi connectivity index (χ0v) is 20.8. The number of sulfonamides is 1. The van der Waals surface area contributed by atoms with E-state index in [1.54, 1.807) is 30.1 Å². The number of benzene rings is 3. The lowest BCUT2D eigenvalue weighted by atomic mass is 9.99. The van der Waals surface area contributed by atoms with Crippen LogP contribution in [0.2, 0.25) is 0 Å². The van der Waals surface area contributed by atoms with Gasteiger partial charge in [0.15, 0.2) is 0 Å². The van der Waals surface area contributed by atoms with Crippen LogP contribution in [0.25, 0.3) is 11.1 Å². The smallest absolute Gasteiger partial charge is 0.416 e. The van der Waals surface area contributed by atoms with Crippen molar-refractivity contribution in [3.63, 3.8) is 0 Å². The molecule has 7 nitrogen and oxygen atoms in total. The van der Waals surface area contributed by atoms with Crippen molar-refractivity contribution in [2.45, 2.75) is 6.18 Å². The zero-order chi connectivity index (χ0) is 25.7. The number of aromatic hydroxyl groups is 1. The van der Waals surface area contributed by atoms with E-state index in [-0.39, 0.29) is 28.5 Å². The first kappa shape index (κ1) is 24.9. The van der Waals surface area contributed by atoms with Crippen molar-refractivity contribution >= 4 is 48.9 Å². The number of nitrogens with zero attached hydrogens (tertiary/aromatic N) is 2. The van der Waals surface area contributed by atoms with Gasteiger partial charge in [-0.05, 0) is 53.6 Å². The van der Waals surface area contributed by atoms with Crippen LogP contribution in [0.4, 0.5) is 30.2 Å². The molecule has 0 unspecified atom stereocenters. The molecule has 1 amide bonds. The Hall–Kier alpha value is -3.25. The number of anilines is 3. The first-order chi connectivity index (χ1) is 16.2. The summed E-state index contributed by atoms with van der Waals surface area (Å²) in [6.45, 7) is 0.118. The van der Waals surface area contributed by atoms with Gasteiger partial charge in [0.25, 0.3) is 5.91 Å². The van der Waals surface area contributed by atoms with Gasteiger partial charge in [-0.2, -0.15) is 13.2 Å². The summed E-state index contributed by atoms with van der Waals surface area (Å²) in [6, 6.07) is 12.5. The van der Waals surface area contributed by atoms with E-state index in [1.165, 1.54) is 29.2 Å². The van der Waals surface area contributed by atoms with Crippen LogP contribution in [0.3, 0.4) is 0 Å². The molecule has 3 aromatic carbocycles. The fraction of sp³-hybridized carbons (Fsp3) is 0.174. The Morgan fingerprint density at radius 3 is 2.34 bits per heavy atom. The number of halogens is 4. The number of phenolic OH excluding ortho intramolecular Hbond substituents is 1. The predicted molar refractivity (Wildman–Crippen MR) is 131 cm³/mol. The van der Waals surface area contributed by atoms with Crippen LogP contribution in [-0.2, 0) is 16.2 Å². The molecule has 12 heteroatoms. The molecule has 1 aliphatic rings. The van der Waals surface area contributed by atoms with Crippen LogP contribution in [0.15, 0.2) is 59.1 Å². The Morgan fingerprint density at radius 2 is 1.71 bits per heavy atom. The van der Waals surface area contributed by atoms with Crippen LogP contribution in [0.5, 0.6) is 5.75 Å². The van der Waals surface area contributed by atoms with Gasteiger partial charge < -0.3 is 10.0 Å². The van der Waals surface area contributed by atoms with E-state index in [4.69, 9.17) is 0 Å². The van der Waals surface area contributed by atoms with Crippen molar-refractivity contribution < 1.29 is 31.5 Å². The van der Waals surface area contributed by atoms with Crippen molar-refractivity contribution in [2.75, 3.05) is 34.5 Å². The number of rotatable bonds is 4. The van der Waals surface area contributed by atoms with E-state index >= 15 is 0 Å². The topological polar surface area (TPSA) is 89.9 Å². The van der Waals surface area contributed by atoms with E-state index in [1.807, 2.05) is 0 Å². The van der Waals surface area contributed by atoms with E-state index in [2.05, 4.69) is 20.7 Å². The number of fused-ring (bicyclic) bond motifs is 1. The second kappa shape index (κ2) is 8.76. The summed E-state index contributed by atoms with van der Waals surface area (Å²) in [4.78, 5) is 16.5. The van der Waals surface area contributed by atoms with Crippen molar-refractivity contribution in [1.29, 1.82) is 0 Å². The normalized spacial score (nSPS) is 14.2. The van der Waals surface area contributed by atoms with Gasteiger partial charge in [-0.1, -0.05) is 28.1 Å². The molecule has 0 radical (unpaired) electrons. The minimum atomic E-state index is -4.46. The van der Waals surface area contributed by atoms with Gasteiger partial charge in [-0.25, -0.2) is 8.42 Å². The van der Waals surface area contributed by atoms with Crippen molar-refractivity contribution in [3.05, 3.63) is 70.2 Å². The lowest BCUT2D eigenvalue weighted by Crippen LogP contribution is -2.45. The van der Waals surface area contributed by atoms with Crippen molar-refractivity contribution in [3.8, 4) is 16.9 Å². The van der Waals surface area contributed by atoms with Crippen molar-refractivity contribution in [2.24, 2.45) is 0 Å². The van der Waals surface area contributed by atoms with Crippen LogP contribution in [-0.4, -0.2) is 39.4 Å². The summed E-state index contributed by atoms with van der Waals surface area (Å²) in [5, 5.41) is 9.99. The van der Waals surface area contributed by atoms with E-state index in [9.17, 15) is 31.5 Å². The molecule has 0 saturated carbocycles. The Balaban J connectivity index is 1.69. The Kier molecular flexibility index (Phi) is 6.22. The number of hydrogen-bond acceptors (Lipinski definition) is 5. The van der Waals surface area contributed by atoms with Gasteiger partial charge in [-0.15, -0.1) is 0 Å². The summed E-state index contributed by atoms with van der Waals surface area (Å²) in [6.07, 6.45) is -3.51. The van der Waals surface area contributed by atoms with Gasteiger partial charge in [0.2, 0.25) is 10.0 Å². The number of nitrogens with one attached hydrogen (secondary N) is 1. The number of alkyl halides is 3. The fourth-order valence-electron chi connectivity index (χ4n) is 3.79. The molecule has 35 heavy (non-hydrogen) atoms. The average molecular weight is 570 g/mol. The van der Waals surface area contributed by atoms with Gasteiger partial charge >= 0.3 is 6.18 Å². The molecule has 0 bridgehead atoms. The summed E-state index contributed by atoms with van der Waals surface area (Å²) in [5.74, 6) is -0.642. The molecule has 4 rings (SSSR count). The van der Waals surface area contributed by atoms with Gasteiger partial charge in [0, 0.05) is 17.2 Å². The molecule has 0 atom stereocenters. The highest BCUT2D eigenvalue weighted by molar-refractivity contribution is 9.10. The number of phenols is 1. The second-order valence-electron chi connectivity index (χ2n) is 8.07. The van der Waals surface area contributed by atoms with E-state index < -0.39 is 21.8 Å². The average Bonchev–Trinajstić information content (AvgIpc) is 2.76. The van der Waals surface area contributed by atoms with E-state index in [0.717, 1.165) is 18.4 Å². The predicted octanol–water partition coefficient (Wildman–Crippen LogP) is 5.27. The molecule has 1 heterocycles. The second-order valence-corrected chi connectivity index (χ2v) is 10.7. The zero-order valence-electron chi connectivity index (χ0n) is 18.4. The fourth-order valence-corrected chi connectivity index (χ4v) is 4.96. The third-order valence-corrected chi connectivity index (χ3v) is 6.68. The Morgan fingerprint density at radius 1 is 1.03 bits per heavy atom. The third kappa shape index (κ3) is 5.08. The first-order valence-corrected chi connectivity index (χ1v) is 12.8.